The number of primary amides is 1. The predicted molar refractivity (Wildman–Crippen MR) is 166 cm³/mol. The molecule has 4 bridgehead atoms. The summed E-state index contributed by atoms with van der Waals surface area (Å²) in [4.78, 5) is 37.4. The van der Waals surface area contributed by atoms with Crippen LogP contribution in [0.3, 0.4) is 0 Å². The third-order valence-electron chi connectivity index (χ3n) is 10.7. The van der Waals surface area contributed by atoms with Gasteiger partial charge in [-0.05, 0) is 81.0 Å². The van der Waals surface area contributed by atoms with Crippen molar-refractivity contribution in [2.24, 2.45) is 28.9 Å². The summed E-state index contributed by atoms with van der Waals surface area (Å²) in [5, 5.41) is 3.40. The number of piperazine rings is 1. The predicted octanol–water partition coefficient (Wildman–Crippen LogP) is 2.82. The number of nitrogens with two attached hydrogens (primary N) is 1. The van der Waals surface area contributed by atoms with Crippen LogP contribution >= 0.6 is 0 Å². The number of benzene rings is 1. The van der Waals surface area contributed by atoms with Gasteiger partial charge < -0.3 is 20.9 Å². The van der Waals surface area contributed by atoms with Crippen LogP contribution in [-0.2, 0) is 14.8 Å². The molecule has 1 aromatic heterocycles. The molecule has 4 saturated carbocycles. The number of aromatic nitrogens is 1. The fourth-order valence-electron chi connectivity index (χ4n) is 8.88. The van der Waals surface area contributed by atoms with Crippen LogP contribution in [0.1, 0.15) is 37.8 Å². The number of carbonyl (C=O) groups excluding carboxylic acids is 2. The minimum absolute atomic E-state index is 0.0783. The van der Waals surface area contributed by atoms with Crippen molar-refractivity contribution in [3.63, 3.8) is 0 Å². The van der Waals surface area contributed by atoms with E-state index in [2.05, 4.69) is 21.2 Å². The van der Waals surface area contributed by atoms with Crippen LogP contribution in [0.4, 0.5) is 27.7 Å². The van der Waals surface area contributed by atoms with E-state index in [-0.39, 0.29) is 23.4 Å². The number of sulfonamides is 1. The number of para-hydroxylation sites is 2. The average molecular weight is 608 g/mol. The van der Waals surface area contributed by atoms with Gasteiger partial charge >= 0.3 is 6.03 Å². The molecule has 3 heterocycles. The molecule has 8 rings (SSSR count). The number of hydrogen-bond acceptors (Lipinski definition) is 7. The monoisotopic (exact) mass is 607 g/mol. The summed E-state index contributed by atoms with van der Waals surface area (Å²) in [6.07, 6.45) is 5.89. The molecule has 1 saturated heterocycles. The number of nitrogens with zero attached hydrogens (tertiary/aromatic N) is 5. The molecule has 3 amide bonds. The lowest BCUT2D eigenvalue weighted by atomic mass is 9.47. The number of rotatable bonds is 5. The minimum atomic E-state index is -3.19. The second-order valence-corrected chi connectivity index (χ2v) is 15.3. The molecular weight excluding hydrogens is 566 g/mol. The highest BCUT2D eigenvalue weighted by Crippen LogP contribution is 2.60. The van der Waals surface area contributed by atoms with Gasteiger partial charge in [0, 0.05) is 50.7 Å². The Balaban J connectivity index is 1.07. The molecule has 0 spiro atoms. The second-order valence-electron chi connectivity index (χ2n) is 13.3. The number of aryl methyl sites for hydroxylation is 1. The van der Waals surface area contributed by atoms with E-state index in [1.54, 1.807) is 0 Å². The van der Waals surface area contributed by atoms with Crippen molar-refractivity contribution in [2.75, 3.05) is 60.2 Å². The van der Waals surface area contributed by atoms with Gasteiger partial charge in [-0.1, -0.05) is 12.1 Å². The average Bonchev–Trinajstić information content (AvgIpc) is 2.97. The summed E-state index contributed by atoms with van der Waals surface area (Å²) >= 11 is 0. The molecule has 3 N–H and O–H groups in total. The van der Waals surface area contributed by atoms with Crippen LogP contribution < -0.4 is 25.8 Å². The van der Waals surface area contributed by atoms with Gasteiger partial charge in [0.1, 0.15) is 5.82 Å². The topological polar surface area (TPSA) is 132 Å². The Morgan fingerprint density at radius 3 is 2.21 bits per heavy atom. The summed E-state index contributed by atoms with van der Waals surface area (Å²) in [6, 6.07) is 12.0. The molecule has 230 valence electrons. The number of amides is 3. The van der Waals surface area contributed by atoms with Gasteiger partial charge in [-0.2, -0.15) is 4.31 Å². The van der Waals surface area contributed by atoms with Crippen LogP contribution in [-0.4, -0.2) is 81.2 Å². The lowest BCUT2D eigenvalue weighted by Gasteiger charge is -2.59. The summed E-state index contributed by atoms with van der Waals surface area (Å²) < 4.78 is 25.4. The maximum Gasteiger partial charge on any atom is 0.322 e. The Morgan fingerprint density at radius 2 is 1.58 bits per heavy atom. The lowest BCUT2D eigenvalue weighted by Crippen LogP contribution is -2.63. The molecule has 6 aliphatic rings. The SMILES string of the molecule is Cc1nc(N2CCN(C(=O)NC3[C@@H]4CC5C[C@H]3CC(C(N)=O)(C5)C4)c3ccccc32)ccc1N1CCN(S(C)(=O)=O)CC1. The zero-order valence-corrected chi connectivity index (χ0v) is 25.7. The summed E-state index contributed by atoms with van der Waals surface area (Å²) in [7, 11) is -3.19. The number of carbonyl (C=O) groups is 2. The Hall–Kier alpha value is -3.38. The van der Waals surface area contributed by atoms with Crippen LogP contribution in [0, 0.1) is 30.1 Å². The third-order valence-corrected chi connectivity index (χ3v) is 12.0. The van der Waals surface area contributed by atoms with E-state index in [0.717, 1.165) is 60.7 Å². The number of hydrogen-bond donors (Lipinski definition) is 2. The molecule has 2 aromatic rings. The van der Waals surface area contributed by atoms with E-state index in [4.69, 9.17) is 10.7 Å². The van der Waals surface area contributed by atoms with Crippen molar-refractivity contribution in [3.05, 3.63) is 42.1 Å². The first-order valence-electron chi connectivity index (χ1n) is 15.4. The number of pyridine rings is 1. The molecule has 11 nitrogen and oxygen atoms in total. The Bertz CT molecular complexity index is 1540. The normalized spacial score (nSPS) is 30.3. The highest BCUT2D eigenvalue weighted by molar-refractivity contribution is 7.88. The third kappa shape index (κ3) is 4.92. The summed E-state index contributed by atoms with van der Waals surface area (Å²) in [6.45, 7) is 5.29. The van der Waals surface area contributed by atoms with Crippen LogP contribution in [0.15, 0.2) is 36.4 Å². The van der Waals surface area contributed by atoms with Crippen LogP contribution in [0.25, 0.3) is 0 Å². The number of anilines is 4. The second kappa shape index (κ2) is 10.4. The maximum absolute atomic E-state index is 13.8. The zero-order valence-electron chi connectivity index (χ0n) is 24.9. The van der Waals surface area contributed by atoms with Gasteiger partial charge in [-0.3, -0.25) is 9.69 Å². The molecule has 5 fully saturated rings. The molecule has 5 atom stereocenters. The van der Waals surface area contributed by atoms with Crippen LogP contribution in [0.5, 0.6) is 0 Å². The molecule has 4 aliphatic carbocycles. The molecular formula is C31H41N7O4S. The van der Waals surface area contributed by atoms with Crippen molar-refractivity contribution in [1.82, 2.24) is 14.6 Å². The minimum Gasteiger partial charge on any atom is -0.369 e. The fraction of sp³-hybridized carbons (Fsp3) is 0.581. The van der Waals surface area contributed by atoms with Gasteiger partial charge in [-0.15, -0.1) is 0 Å². The van der Waals surface area contributed by atoms with Gasteiger partial charge in [0.15, 0.2) is 0 Å². The van der Waals surface area contributed by atoms with Crippen molar-refractivity contribution in [2.45, 2.75) is 45.1 Å². The first kappa shape index (κ1) is 28.4. The molecule has 2 aliphatic heterocycles. The largest absolute Gasteiger partial charge is 0.369 e. The van der Waals surface area contributed by atoms with Crippen molar-refractivity contribution in [3.8, 4) is 0 Å². The van der Waals surface area contributed by atoms with E-state index in [1.165, 1.54) is 10.6 Å². The molecule has 12 heteroatoms. The van der Waals surface area contributed by atoms with Crippen molar-refractivity contribution < 1.29 is 18.0 Å². The van der Waals surface area contributed by atoms with Gasteiger partial charge in [0.2, 0.25) is 15.9 Å². The van der Waals surface area contributed by atoms with E-state index >= 15 is 0 Å². The Morgan fingerprint density at radius 1 is 0.907 bits per heavy atom. The van der Waals surface area contributed by atoms with Gasteiger partial charge in [0.25, 0.3) is 0 Å². The maximum atomic E-state index is 13.8. The summed E-state index contributed by atoms with van der Waals surface area (Å²) in [5.74, 6) is 1.81. The van der Waals surface area contributed by atoms with E-state index in [9.17, 15) is 18.0 Å². The van der Waals surface area contributed by atoms with Gasteiger partial charge in [0.05, 0.1) is 29.0 Å². The number of urea groups is 1. The highest BCUT2D eigenvalue weighted by atomic mass is 32.2. The molecule has 0 radical (unpaired) electrons. The molecule has 1 aromatic carbocycles. The standard InChI is InChI=1S/C31H41N7O4S/c1-20-24(35-9-11-36(12-10-35)43(2,41)42)7-8-27(33-20)37-13-14-38(26-6-4-3-5-25(26)37)30(40)34-28-22-15-21-16-23(28)19-31(17-21,18-22)29(32)39/h3-8,21-23,28H,9-19H2,1-2H3,(H2,32,39)(H,34,40)/t21?,22-,23+,28?,31?. The molecule has 43 heavy (non-hydrogen) atoms. The first-order valence-corrected chi connectivity index (χ1v) is 17.3. The van der Waals surface area contributed by atoms with Crippen LogP contribution in [0.2, 0.25) is 0 Å². The fourth-order valence-corrected chi connectivity index (χ4v) is 9.70. The van der Waals surface area contributed by atoms with Gasteiger partial charge in [-0.25, -0.2) is 18.2 Å². The van der Waals surface area contributed by atoms with E-state index in [0.29, 0.717) is 57.0 Å². The van der Waals surface area contributed by atoms with E-state index in [1.807, 2.05) is 42.2 Å². The van der Waals surface area contributed by atoms with E-state index < -0.39 is 10.0 Å². The number of nitrogens with one attached hydrogen (secondary N) is 1. The van der Waals surface area contributed by atoms with Crippen molar-refractivity contribution in [1.29, 1.82) is 0 Å². The Labute approximate surface area is 253 Å². The quantitative estimate of drug-likeness (QED) is 0.534. The lowest BCUT2D eigenvalue weighted by molar-refractivity contribution is -0.145. The first-order chi connectivity index (χ1) is 20.5. The zero-order chi connectivity index (χ0) is 30.1. The number of fused-ring (bicyclic) bond motifs is 1. The summed E-state index contributed by atoms with van der Waals surface area (Å²) in [5.41, 5.74) is 9.18. The van der Waals surface area contributed by atoms with Crippen molar-refractivity contribution >= 4 is 44.8 Å². The Kier molecular flexibility index (Phi) is 6.84. The smallest absolute Gasteiger partial charge is 0.322 e. The molecule has 3 unspecified atom stereocenters. The highest BCUT2D eigenvalue weighted by Gasteiger charge is 2.58.